The maximum absolute atomic E-state index is 6.02. The molecule has 5 rings (SSSR count). The lowest BCUT2D eigenvalue weighted by Crippen LogP contribution is -2.11. The number of allylic oxidation sites excluding steroid dienone is 3. The van der Waals surface area contributed by atoms with E-state index in [1.807, 2.05) is 60.7 Å². The molecule has 0 saturated heterocycles. The zero-order valence-corrected chi connectivity index (χ0v) is 12.2. The Morgan fingerprint density at radius 1 is 0.739 bits per heavy atom. The third-order valence-electron chi connectivity index (χ3n) is 3.90. The molecule has 3 aliphatic rings. The molecule has 2 aromatic rings. The Morgan fingerprint density at radius 2 is 1.43 bits per heavy atom. The van der Waals surface area contributed by atoms with Crippen LogP contribution in [0, 0.1) is 0 Å². The number of ether oxygens (including phenoxy) is 2. The van der Waals surface area contributed by atoms with Crippen molar-refractivity contribution in [3.05, 3.63) is 72.2 Å². The van der Waals surface area contributed by atoms with Crippen LogP contribution in [0.15, 0.2) is 82.2 Å². The highest BCUT2D eigenvalue weighted by atomic mass is 16.5. The Morgan fingerprint density at radius 3 is 2.26 bits per heavy atom. The maximum atomic E-state index is 6.02. The van der Waals surface area contributed by atoms with E-state index in [0.717, 1.165) is 40.1 Å². The number of benzene rings is 2. The van der Waals surface area contributed by atoms with E-state index in [1.54, 1.807) is 0 Å². The molecule has 2 heterocycles. The van der Waals surface area contributed by atoms with E-state index >= 15 is 0 Å². The van der Waals surface area contributed by atoms with E-state index in [9.17, 15) is 0 Å². The van der Waals surface area contributed by atoms with Crippen molar-refractivity contribution < 1.29 is 9.47 Å². The number of nitrogens with zero attached hydrogens (tertiary/aromatic N) is 2. The molecule has 0 saturated carbocycles. The number of rotatable bonds is 0. The van der Waals surface area contributed by atoms with Gasteiger partial charge in [-0.3, -0.25) is 0 Å². The van der Waals surface area contributed by atoms with Gasteiger partial charge in [-0.05, 0) is 24.3 Å². The van der Waals surface area contributed by atoms with Crippen LogP contribution in [0.1, 0.15) is 6.42 Å². The van der Waals surface area contributed by atoms with Gasteiger partial charge in [-0.25, -0.2) is 9.98 Å². The van der Waals surface area contributed by atoms with Gasteiger partial charge in [0.05, 0.1) is 5.71 Å². The molecule has 2 aromatic carbocycles. The summed E-state index contributed by atoms with van der Waals surface area (Å²) < 4.78 is 12.0. The number of hydrogen-bond donors (Lipinski definition) is 0. The van der Waals surface area contributed by atoms with Crippen molar-refractivity contribution in [3.8, 4) is 11.5 Å². The van der Waals surface area contributed by atoms with E-state index in [-0.39, 0.29) is 0 Å². The van der Waals surface area contributed by atoms with Crippen LogP contribution >= 0.6 is 0 Å². The molecule has 0 amide bonds. The van der Waals surface area contributed by atoms with Gasteiger partial charge in [-0.15, -0.1) is 0 Å². The lowest BCUT2D eigenvalue weighted by molar-refractivity contribution is 0.424. The summed E-state index contributed by atoms with van der Waals surface area (Å²) in [4.78, 5) is 9.39. The van der Waals surface area contributed by atoms with Gasteiger partial charge < -0.3 is 9.47 Å². The number of para-hydroxylation sites is 4. The zero-order chi connectivity index (χ0) is 15.2. The van der Waals surface area contributed by atoms with E-state index in [2.05, 4.69) is 4.99 Å². The van der Waals surface area contributed by atoms with Crippen molar-refractivity contribution in [2.45, 2.75) is 6.42 Å². The Kier molecular flexibility index (Phi) is 2.52. The van der Waals surface area contributed by atoms with Gasteiger partial charge in [0, 0.05) is 18.6 Å². The Bertz CT molecular complexity index is 951. The molecule has 1 aliphatic carbocycles. The SMILES string of the molecule is C1=C2CC(=Nc3ccccc3O2)C=C2Oc3ccccc3N=C12. The summed E-state index contributed by atoms with van der Waals surface area (Å²) in [6.07, 6.45) is 4.51. The summed E-state index contributed by atoms with van der Waals surface area (Å²) in [6.45, 7) is 0. The highest BCUT2D eigenvalue weighted by Gasteiger charge is 2.24. The van der Waals surface area contributed by atoms with Crippen LogP contribution in [-0.4, -0.2) is 11.4 Å². The van der Waals surface area contributed by atoms with Crippen LogP contribution < -0.4 is 9.47 Å². The van der Waals surface area contributed by atoms with Crippen LogP contribution in [-0.2, 0) is 0 Å². The second-order valence-electron chi connectivity index (χ2n) is 5.54. The van der Waals surface area contributed by atoms with Gasteiger partial charge in [0.15, 0.2) is 17.3 Å². The molecule has 4 nitrogen and oxygen atoms in total. The quantitative estimate of drug-likeness (QED) is 0.719. The fourth-order valence-corrected chi connectivity index (χ4v) is 2.85. The number of aliphatic imine (C=N–C) groups is 2. The normalized spacial score (nSPS) is 17.4. The summed E-state index contributed by atoms with van der Waals surface area (Å²) in [6, 6.07) is 15.5. The molecular formula is C19H12N2O2. The topological polar surface area (TPSA) is 43.2 Å². The van der Waals surface area contributed by atoms with Gasteiger partial charge in [0.1, 0.15) is 22.8 Å². The standard InChI is InChI=1S/C19H12N2O2/c1-3-7-17-14(5-1)20-12-9-13(22-17)11-16-19(10-12)23-18-8-4-2-6-15(18)21-16/h1-8,10-11H,9H2. The smallest absolute Gasteiger partial charge is 0.155 e. The summed E-state index contributed by atoms with van der Waals surface area (Å²) in [5.41, 5.74) is 3.33. The van der Waals surface area contributed by atoms with Gasteiger partial charge in [-0.2, -0.15) is 0 Å². The van der Waals surface area contributed by atoms with Crippen LogP contribution in [0.3, 0.4) is 0 Å². The van der Waals surface area contributed by atoms with Gasteiger partial charge in [-0.1, -0.05) is 24.3 Å². The second-order valence-corrected chi connectivity index (χ2v) is 5.54. The van der Waals surface area contributed by atoms with Crippen molar-refractivity contribution in [1.82, 2.24) is 0 Å². The van der Waals surface area contributed by atoms with Gasteiger partial charge >= 0.3 is 0 Å². The highest BCUT2D eigenvalue weighted by molar-refractivity contribution is 6.16. The van der Waals surface area contributed by atoms with Crippen molar-refractivity contribution >= 4 is 22.8 Å². The summed E-state index contributed by atoms with van der Waals surface area (Å²) >= 11 is 0. The molecule has 110 valence electrons. The van der Waals surface area contributed by atoms with Crippen LogP contribution in [0.25, 0.3) is 0 Å². The Hall–Kier alpha value is -3.14. The molecule has 2 bridgehead atoms. The van der Waals surface area contributed by atoms with E-state index in [1.165, 1.54) is 0 Å². The van der Waals surface area contributed by atoms with Crippen LogP contribution in [0.4, 0.5) is 11.4 Å². The van der Waals surface area contributed by atoms with Gasteiger partial charge in [0.2, 0.25) is 0 Å². The minimum Gasteiger partial charge on any atom is -0.459 e. The molecule has 2 aliphatic heterocycles. The largest absolute Gasteiger partial charge is 0.459 e. The molecule has 0 spiro atoms. The molecule has 4 heteroatoms. The van der Waals surface area contributed by atoms with Crippen molar-refractivity contribution in [2.24, 2.45) is 9.98 Å². The summed E-state index contributed by atoms with van der Waals surface area (Å²) in [5.74, 6) is 3.06. The third kappa shape index (κ3) is 2.07. The van der Waals surface area contributed by atoms with Crippen LogP contribution in [0.5, 0.6) is 11.5 Å². The average Bonchev–Trinajstić information content (AvgIpc) is 2.83. The van der Waals surface area contributed by atoms with Gasteiger partial charge in [0.25, 0.3) is 0 Å². The first-order valence-corrected chi connectivity index (χ1v) is 7.48. The maximum Gasteiger partial charge on any atom is 0.155 e. The van der Waals surface area contributed by atoms with Crippen LogP contribution in [0.2, 0.25) is 0 Å². The zero-order valence-electron chi connectivity index (χ0n) is 12.2. The molecular weight excluding hydrogens is 288 g/mol. The first-order valence-electron chi connectivity index (χ1n) is 7.48. The highest BCUT2D eigenvalue weighted by Crippen LogP contribution is 2.37. The number of hydrogen-bond acceptors (Lipinski definition) is 4. The molecule has 0 radical (unpaired) electrons. The monoisotopic (exact) mass is 300 g/mol. The average molecular weight is 300 g/mol. The summed E-state index contributed by atoms with van der Waals surface area (Å²) in [5, 5.41) is 0. The summed E-state index contributed by atoms with van der Waals surface area (Å²) in [7, 11) is 0. The minimum atomic E-state index is 0.622. The predicted molar refractivity (Wildman–Crippen MR) is 89.1 cm³/mol. The fraction of sp³-hybridized carbons (Fsp3) is 0.0526. The lowest BCUT2D eigenvalue weighted by Gasteiger charge is -2.17. The molecule has 0 fully saturated rings. The Labute approximate surface area is 133 Å². The van der Waals surface area contributed by atoms with Crippen molar-refractivity contribution in [1.29, 1.82) is 0 Å². The lowest BCUT2D eigenvalue weighted by atomic mass is 10.2. The van der Waals surface area contributed by atoms with E-state index in [0.29, 0.717) is 12.2 Å². The third-order valence-corrected chi connectivity index (χ3v) is 3.90. The predicted octanol–water partition coefficient (Wildman–Crippen LogP) is 4.49. The molecule has 0 unspecified atom stereocenters. The molecule has 0 atom stereocenters. The molecule has 0 N–H and O–H groups in total. The van der Waals surface area contributed by atoms with Crippen molar-refractivity contribution in [3.63, 3.8) is 0 Å². The van der Waals surface area contributed by atoms with Crippen molar-refractivity contribution in [2.75, 3.05) is 0 Å². The first kappa shape index (κ1) is 12.4. The van der Waals surface area contributed by atoms with E-state index < -0.39 is 0 Å². The fourth-order valence-electron chi connectivity index (χ4n) is 2.85. The van der Waals surface area contributed by atoms with E-state index in [4.69, 9.17) is 14.5 Å². The number of fused-ring (bicyclic) bond motifs is 5. The second kappa shape index (κ2) is 4.68. The molecule has 0 aromatic heterocycles. The Balaban J connectivity index is 1.69. The minimum absolute atomic E-state index is 0.622. The molecule has 23 heavy (non-hydrogen) atoms. The first-order chi connectivity index (χ1) is 11.3.